The SMILES string of the molecule is Cc1c(C(=O)NCCO)c(-c2ccccc2)nn1-c1ccccc1. The fraction of sp³-hybridized carbons (Fsp3) is 0.158. The van der Waals surface area contributed by atoms with Gasteiger partial charge in [-0.1, -0.05) is 48.5 Å². The van der Waals surface area contributed by atoms with E-state index in [-0.39, 0.29) is 19.1 Å². The van der Waals surface area contributed by atoms with Gasteiger partial charge in [0.15, 0.2) is 0 Å². The average Bonchev–Trinajstić information content (AvgIpc) is 2.98. The lowest BCUT2D eigenvalue weighted by atomic mass is 10.1. The van der Waals surface area contributed by atoms with Crippen molar-refractivity contribution in [2.24, 2.45) is 0 Å². The third kappa shape index (κ3) is 3.07. The fourth-order valence-corrected chi connectivity index (χ4v) is 2.65. The fourth-order valence-electron chi connectivity index (χ4n) is 2.65. The molecule has 0 radical (unpaired) electrons. The Kier molecular flexibility index (Phi) is 4.72. The van der Waals surface area contributed by atoms with Crippen molar-refractivity contribution in [2.45, 2.75) is 6.92 Å². The van der Waals surface area contributed by atoms with Crippen molar-refractivity contribution in [1.82, 2.24) is 15.1 Å². The van der Waals surface area contributed by atoms with Gasteiger partial charge in [-0.25, -0.2) is 4.68 Å². The Balaban J connectivity index is 2.14. The highest BCUT2D eigenvalue weighted by Crippen LogP contribution is 2.27. The van der Waals surface area contributed by atoms with Gasteiger partial charge >= 0.3 is 0 Å². The molecule has 5 nitrogen and oxygen atoms in total. The molecule has 0 aliphatic rings. The summed E-state index contributed by atoms with van der Waals surface area (Å²) in [5.41, 5.74) is 3.69. The first kappa shape index (κ1) is 16.0. The van der Waals surface area contributed by atoms with E-state index < -0.39 is 0 Å². The van der Waals surface area contributed by atoms with Crippen molar-refractivity contribution in [3.05, 3.63) is 71.9 Å². The number of amides is 1. The van der Waals surface area contributed by atoms with Gasteiger partial charge in [0.05, 0.1) is 23.6 Å². The topological polar surface area (TPSA) is 67.2 Å². The quantitative estimate of drug-likeness (QED) is 0.759. The molecule has 24 heavy (non-hydrogen) atoms. The number of hydrogen-bond donors (Lipinski definition) is 2. The highest BCUT2D eigenvalue weighted by molar-refractivity contribution is 6.01. The average molecular weight is 321 g/mol. The van der Waals surface area contributed by atoms with Crippen LogP contribution in [0.2, 0.25) is 0 Å². The third-order valence-electron chi connectivity index (χ3n) is 3.79. The molecule has 3 rings (SSSR count). The van der Waals surface area contributed by atoms with Gasteiger partial charge in [0.2, 0.25) is 0 Å². The van der Waals surface area contributed by atoms with Gasteiger partial charge in [-0.3, -0.25) is 4.79 Å². The Morgan fingerprint density at radius 2 is 1.71 bits per heavy atom. The summed E-state index contributed by atoms with van der Waals surface area (Å²) < 4.78 is 1.77. The van der Waals surface area contributed by atoms with Crippen LogP contribution in [-0.2, 0) is 0 Å². The molecule has 0 aliphatic heterocycles. The molecule has 0 unspecified atom stereocenters. The molecule has 1 amide bonds. The van der Waals surface area contributed by atoms with Gasteiger partial charge in [0.1, 0.15) is 5.69 Å². The molecular formula is C19H19N3O2. The number of aliphatic hydroxyl groups excluding tert-OH is 1. The summed E-state index contributed by atoms with van der Waals surface area (Å²) >= 11 is 0. The highest BCUT2D eigenvalue weighted by atomic mass is 16.3. The highest BCUT2D eigenvalue weighted by Gasteiger charge is 2.22. The molecule has 2 aromatic carbocycles. The first-order valence-corrected chi connectivity index (χ1v) is 7.82. The van der Waals surface area contributed by atoms with E-state index in [1.165, 1.54) is 0 Å². The summed E-state index contributed by atoms with van der Waals surface area (Å²) in [6.45, 7) is 1.99. The lowest BCUT2D eigenvalue weighted by Crippen LogP contribution is -2.27. The van der Waals surface area contributed by atoms with Crippen LogP contribution in [0.1, 0.15) is 16.1 Å². The number of nitrogens with zero attached hydrogens (tertiary/aromatic N) is 2. The summed E-state index contributed by atoms with van der Waals surface area (Å²) in [7, 11) is 0. The second-order valence-electron chi connectivity index (χ2n) is 5.40. The van der Waals surface area contributed by atoms with Crippen molar-refractivity contribution in [2.75, 3.05) is 13.2 Å². The number of rotatable bonds is 5. The van der Waals surface area contributed by atoms with Crippen LogP contribution < -0.4 is 5.32 Å². The molecule has 0 atom stereocenters. The minimum atomic E-state index is -0.234. The molecule has 122 valence electrons. The maximum Gasteiger partial charge on any atom is 0.255 e. The Labute approximate surface area is 140 Å². The molecule has 0 saturated carbocycles. The summed E-state index contributed by atoms with van der Waals surface area (Å²) in [5, 5.41) is 16.4. The second kappa shape index (κ2) is 7.10. The number of nitrogens with one attached hydrogen (secondary N) is 1. The van der Waals surface area contributed by atoms with Gasteiger partial charge in [-0.2, -0.15) is 5.10 Å². The van der Waals surface area contributed by atoms with E-state index in [0.29, 0.717) is 11.3 Å². The Morgan fingerprint density at radius 3 is 2.33 bits per heavy atom. The molecule has 2 N–H and O–H groups in total. The monoisotopic (exact) mass is 321 g/mol. The number of carbonyl (C=O) groups is 1. The largest absolute Gasteiger partial charge is 0.395 e. The molecule has 0 aliphatic carbocycles. The summed E-state index contributed by atoms with van der Waals surface area (Å²) in [4.78, 5) is 12.6. The van der Waals surface area contributed by atoms with E-state index in [1.807, 2.05) is 67.6 Å². The standard InChI is InChI=1S/C19H19N3O2/c1-14-17(19(24)20-12-13-23)18(15-8-4-2-5-9-15)21-22(14)16-10-6-3-7-11-16/h2-11,23H,12-13H2,1H3,(H,20,24). The molecule has 5 heteroatoms. The number of benzene rings is 2. The van der Waals surface area contributed by atoms with Crippen LogP contribution in [0.5, 0.6) is 0 Å². The van der Waals surface area contributed by atoms with Gasteiger partial charge in [0, 0.05) is 12.1 Å². The number of aromatic nitrogens is 2. The van der Waals surface area contributed by atoms with Gasteiger partial charge in [-0.05, 0) is 19.1 Å². The van der Waals surface area contributed by atoms with Gasteiger partial charge < -0.3 is 10.4 Å². The van der Waals surface area contributed by atoms with E-state index in [0.717, 1.165) is 16.9 Å². The maximum absolute atomic E-state index is 12.6. The summed E-state index contributed by atoms with van der Waals surface area (Å²) in [6.07, 6.45) is 0. The number of aliphatic hydroxyl groups is 1. The van der Waals surface area contributed by atoms with E-state index in [4.69, 9.17) is 5.11 Å². The molecule has 0 bridgehead atoms. The van der Waals surface area contributed by atoms with Crippen LogP contribution in [-0.4, -0.2) is 33.9 Å². The second-order valence-corrected chi connectivity index (χ2v) is 5.40. The van der Waals surface area contributed by atoms with Gasteiger partial charge in [-0.15, -0.1) is 0 Å². The lowest BCUT2D eigenvalue weighted by molar-refractivity contribution is 0.0945. The zero-order valence-corrected chi connectivity index (χ0v) is 13.4. The molecule has 0 spiro atoms. The summed E-state index contributed by atoms with van der Waals surface area (Å²) in [5.74, 6) is -0.234. The van der Waals surface area contributed by atoms with Crippen LogP contribution in [0.4, 0.5) is 0 Å². The van der Waals surface area contributed by atoms with Crippen LogP contribution in [0, 0.1) is 6.92 Å². The minimum absolute atomic E-state index is 0.0989. The molecule has 3 aromatic rings. The van der Waals surface area contributed by atoms with Crippen LogP contribution in [0.3, 0.4) is 0 Å². The number of hydrogen-bond acceptors (Lipinski definition) is 3. The molecule has 0 fully saturated rings. The van der Waals surface area contributed by atoms with Crippen molar-refractivity contribution in [3.8, 4) is 16.9 Å². The van der Waals surface area contributed by atoms with E-state index in [1.54, 1.807) is 4.68 Å². The first-order valence-electron chi connectivity index (χ1n) is 7.82. The zero-order valence-electron chi connectivity index (χ0n) is 13.4. The van der Waals surface area contributed by atoms with Crippen molar-refractivity contribution < 1.29 is 9.90 Å². The van der Waals surface area contributed by atoms with Crippen LogP contribution >= 0.6 is 0 Å². The van der Waals surface area contributed by atoms with E-state index in [9.17, 15) is 4.79 Å². The lowest BCUT2D eigenvalue weighted by Gasteiger charge is -2.06. The Morgan fingerprint density at radius 1 is 1.08 bits per heavy atom. The van der Waals surface area contributed by atoms with E-state index >= 15 is 0 Å². The molecular weight excluding hydrogens is 302 g/mol. The summed E-state index contributed by atoms with van der Waals surface area (Å²) in [6, 6.07) is 19.3. The number of para-hydroxylation sites is 1. The predicted molar refractivity (Wildman–Crippen MR) is 93.2 cm³/mol. The molecule has 1 heterocycles. The first-order chi connectivity index (χ1) is 11.7. The predicted octanol–water partition coefficient (Wildman–Crippen LogP) is 2.57. The van der Waals surface area contributed by atoms with Crippen LogP contribution in [0.25, 0.3) is 16.9 Å². The van der Waals surface area contributed by atoms with Crippen LogP contribution in [0.15, 0.2) is 60.7 Å². The normalized spacial score (nSPS) is 10.6. The Bertz CT molecular complexity index is 827. The zero-order chi connectivity index (χ0) is 16.9. The van der Waals surface area contributed by atoms with Crippen molar-refractivity contribution >= 4 is 5.91 Å². The van der Waals surface area contributed by atoms with Gasteiger partial charge in [0.25, 0.3) is 5.91 Å². The smallest absolute Gasteiger partial charge is 0.255 e. The van der Waals surface area contributed by atoms with Crippen molar-refractivity contribution in [1.29, 1.82) is 0 Å². The van der Waals surface area contributed by atoms with E-state index in [2.05, 4.69) is 10.4 Å². The third-order valence-corrected chi connectivity index (χ3v) is 3.79. The van der Waals surface area contributed by atoms with Crippen molar-refractivity contribution in [3.63, 3.8) is 0 Å². The molecule has 1 aromatic heterocycles. The minimum Gasteiger partial charge on any atom is -0.395 e. The maximum atomic E-state index is 12.6. The molecule has 0 saturated heterocycles. The Hall–Kier alpha value is -2.92. The number of carbonyl (C=O) groups excluding carboxylic acids is 1.